The van der Waals surface area contributed by atoms with Crippen LogP contribution in [0.3, 0.4) is 0 Å². The number of benzene rings is 1. The highest BCUT2D eigenvalue weighted by Crippen LogP contribution is 2.21. The number of hydrogen-bond acceptors (Lipinski definition) is 3. The molecule has 0 aliphatic carbocycles. The molecule has 1 aromatic heterocycles. The van der Waals surface area contributed by atoms with Crippen molar-refractivity contribution in [2.75, 3.05) is 11.9 Å². The highest BCUT2D eigenvalue weighted by molar-refractivity contribution is 6.16. The summed E-state index contributed by atoms with van der Waals surface area (Å²) >= 11 is 5.69. The molecule has 0 unspecified atom stereocenters. The van der Waals surface area contributed by atoms with Gasteiger partial charge in [0.2, 0.25) is 0 Å². The van der Waals surface area contributed by atoms with Gasteiger partial charge in [-0.05, 0) is 18.2 Å². The monoisotopic (exact) mass is 251 g/mol. The number of anilines is 2. The van der Waals surface area contributed by atoms with Crippen molar-refractivity contribution in [1.29, 1.82) is 0 Å². The summed E-state index contributed by atoms with van der Waals surface area (Å²) in [5.74, 6) is 0.655. The van der Waals surface area contributed by atoms with Crippen LogP contribution in [0.1, 0.15) is 5.69 Å². The normalized spacial score (nSPS) is 10.3. The van der Waals surface area contributed by atoms with Crippen LogP contribution < -0.4 is 4.90 Å². The zero-order chi connectivity index (χ0) is 12.3. The number of alkyl halides is 1. The van der Waals surface area contributed by atoms with E-state index in [1.54, 1.807) is 36.5 Å². The predicted octanol–water partition coefficient (Wildman–Crippen LogP) is 3.12. The van der Waals surface area contributed by atoms with Crippen molar-refractivity contribution in [1.82, 2.24) is 9.97 Å². The first-order chi connectivity index (χ1) is 8.20. The maximum Gasteiger partial charge on any atom is 0.151 e. The van der Waals surface area contributed by atoms with Gasteiger partial charge in [0.05, 0.1) is 17.8 Å². The summed E-state index contributed by atoms with van der Waals surface area (Å²) in [7, 11) is 1.80. The van der Waals surface area contributed by atoms with Gasteiger partial charge in [-0.2, -0.15) is 0 Å². The molecule has 0 aliphatic heterocycles. The highest BCUT2D eigenvalue weighted by Gasteiger charge is 2.07. The number of nitrogens with zero attached hydrogens (tertiary/aromatic N) is 3. The lowest BCUT2D eigenvalue weighted by atomic mass is 10.3. The Morgan fingerprint density at radius 1 is 1.35 bits per heavy atom. The minimum atomic E-state index is -0.282. The van der Waals surface area contributed by atoms with Crippen LogP contribution in [0.15, 0.2) is 36.7 Å². The topological polar surface area (TPSA) is 29.0 Å². The summed E-state index contributed by atoms with van der Waals surface area (Å²) in [5.41, 5.74) is 1.40. The van der Waals surface area contributed by atoms with Crippen molar-refractivity contribution in [2.24, 2.45) is 0 Å². The first-order valence-corrected chi connectivity index (χ1v) is 5.60. The van der Waals surface area contributed by atoms with Crippen molar-refractivity contribution in [3.63, 3.8) is 0 Å². The molecule has 17 heavy (non-hydrogen) atoms. The number of halogens is 2. The Labute approximate surface area is 104 Å². The summed E-state index contributed by atoms with van der Waals surface area (Å²) in [6.45, 7) is 0. The van der Waals surface area contributed by atoms with E-state index in [0.29, 0.717) is 23.1 Å². The van der Waals surface area contributed by atoms with E-state index in [1.807, 2.05) is 0 Å². The average Bonchev–Trinajstić information content (AvgIpc) is 2.38. The molecular weight excluding hydrogens is 241 g/mol. The second-order valence-corrected chi connectivity index (χ2v) is 3.81. The Hall–Kier alpha value is -1.68. The fourth-order valence-electron chi connectivity index (χ4n) is 1.44. The first-order valence-electron chi connectivity index (χ1n) is 5.07. The molecule has 2 aromatic rings. The Balaban J connectivity index is 2.33. The second kappa shape index (κ2) is 5.10. The van der Waals surface area contributed by atoms with Crippen LogP contribution in [0.5, 0.6) is 0 Å². The standard InChI is InChI=1S/C12H11ClFN3/c1-17(11-4-2-3-9(14)5-11)12-8-15-7-10(6-13)16-12/h2-5,7-8H,6H2,1H3. The number of rotatable bonds is 3. The van der Waals surface area contributed by atoms with Gasteiger partial charge in [-0.1, -0.05) is 6.07 Å². The van der Waals surface area contributed by atoms with E-state index in [1.165, 1.54) is 12.1 Å². The van der Waals surface area contributed by atoms with Gasteiger partial charge >= 0.3 is 0 Å². The Kier molecular flexibility index (Phi) is 3.54. The van der Waals surface area contributed by atoms with Gasteiger partial charge in [-0.15, -0.1) is 11.6 Å². The summed E-state index contributed by atoms with van der Waals surface area (Å²) in [5, 5.41) is 0. The van der Waals surface area contributed by atoms with Gasteiger partial charge < -0.3 is 4.90 Å². The second-order valence-electron chi connectivity index (χ2n) is 3.54. The zero-order valence-electron chi connectivity index (χ0n) is 9.27. The van der Waals surface area contributed by atoms with Gasteiger partial charge in [0.1, 0.15) is 5.82 Å². The summed E-state index contributed by atoms with van der Waals surface area (Å²) in [6, 6.07) is 6.30. The van der Waals surface area contributed by atoms with Gasteiger partial charge in [0.15, 0.2) is 5.82 Å². The van der Waals surface area contributed by atoms with Gasteiger partial charge in [-0.3, -0.25) is 4.98 Å². The highest BCUT2D eigenvalue weighted by atomic mass is 35.5. The molecule has 0 aliphatic rings. The summed E-state index contributed by atoms with van der Waals surface area (Å²) in [6.07, 6.45) is 3.22. The van der Waals surface area contributed by atoms with E-state index in [4.69, 9.17) is 11.6 Å². The smallest absolute Gasteiger partial charge is 0.151 e. The lowest BCUT2D eigenvalue weighted by Gasteiger charge is -2.18. The van der Waals surface area contributed by atoms with E-state index < -0.39 is 0 Å². The molecule has 0 bridgehead atoms. The minimum Gasteiger partial charge on any atom is -0.328 e. The first kappa shape index (κ1) is 11.8. The van der Waals surface area contributed by atoms with Crippen LogP contribution in [-0.2, 0) is 5.88 Å². The largest absolute Gasteiger partial charge is 0.328 e. The maximum absolute atomic E-state index is 13.1. The molecule has 1 aromatic carbocycles. The Morgan fingerprint density at radius 2 is 2.18 bits per heavy atom. The molecule has 2 rings (SSSR count). The predicted molar refractivity (Wildman–Crippen MR) is 66.1 cm³/mol. The molecule has 3 nitrogen and oxygen atoms in total. The summed E-state index contributed by atoms with van der Waals surface area (Å²) < 4.78 is 13.1. The summed E-state index contributed by atoms with van der Waals surface area (Å²) in [4.78, 5) is 10.1. The van der Waals surface area contributed by atoms with Crippen molar-refractivity contribution >= 4 is 23.1 Å². The maximum atomic E-state index is 13.1. The van der Waals surface area contributed by atoms with Crippen molar-refractivity contribution < 1.29 is 4.39 Å². The molecule has 1 heterocycles. The third-order valence-corrected chi connectivity index (χ3v) is 2.62. The lowest BCUT2D eigenvalue weighted by Crippen LogP contribution is -2.12. The molecule has 0 N–H and O–H groups in total. The molecule has 5 heteroatoms. The lowest BCUT2D eigenvalue weighted by molar-refractivity contribution is 0.628. The average molecular weight is 252 g/mol. The van der Waals surface area contributed by atoms with E-state index in [0.717, 1.165) is 0 Å². The van der Waals surface area contributed by atoms with E-state index in [9.17, 15) is 4.39 Å². The molecule has 88 valence electrons. The molecular formula is C12H11ClFN3. The minimum absolute atomic E-state index is 0.282. The van der Waals surface area contributed by atoms with Crippen molar-refractivity contribution in [3.8, 4) is 0 Å². The van der Waals surface area contributed by atoms with Crippen molar-refractivity contribution in [2.45, 2.75) is 5.88 Å². The molecule has 0 radical (unpaired) electrons. The number of aromatic nitrogens is 2. The van der Waals surface area contributed by atoms with Crippen LogP contribution in [0.2, 0.25) is 0 Å². The quantitative estimate of drug-likeness (QED) is 0.785. The van der Waals surface area contributed by atoms with Crippen molar-refractivity contribution in [3.05, 3.63) is 48.2 Å². The molecule has 0 saturated carbocycles. The van der Waals surface area contributed by atoms with Gasteiger partial charge in [0.25, 0.3) is 0 Å². The SMILES string of the molecule is CN(c1cccc(F)c1)c1cncc(CCl)n1. The van der Waals surface area contributed by atoms with Crippen LogP contribution in [-0.4, -0.2) is 17.0 Å². The number of hydrogen-bond donors (Lipinski definition) is 0. The van der Waals surface area contributed by atoms with E-state index >= 15 is 0 Å². The zero-order valence-corrected chi connectivity index (χ0v) is 10.0. The molecule has 0 amide bonds. The fourth-order valence-corrected chi connectivity index (χ4v) is 1.57. The molecule has 0 fully saturated rings. The third kappa shape index (κ3) is 2.71. The fraction of sp³-hybridized carbons (Fsp3) is 0.167. The van der Waals surface area contributed by atoms with Gasteiger partial charge in [-0.25, -0.2) is 9.37 Å². The van der Waals surface area contributed by atoms with E-state index in [2.05, 4.69) is 9.97 Å². The molecule has 0 atom stereocenters. The van der Waals surface area contributed by atoms with Gasteiger partial charge in [0, 0.05) is 18.9 Å². The van der Waals surface area contributed by atoms with Crippen LogP contribution in [0.25, 0.3) is 0 Å². The van der Waals surface area contributed by atoms with Crippen LogP contribution in [0, 0.1) is 5.82 Å². The van der Waals surface area contributed by atoms with Crippen LogP contribution in [0.4, 0.5) is 15.9 Å². The van der Waals surface area contributed by atoms with E-state index in [-0.39, 0.29) is 5.82 Å². The Bertz CT molecular complexity index is 519. The molecule has 0 spiro atoms. The van der Waals surface area contributed by atoms with Crippen LogP contribution >= 0.6 is 11.6 Å². The Morgan fingerprint density at radius 3 is 2.88 bits per heavy atom. The third-order valence-electron chi connectivity index (χ3n) is 2.35. The molecule has 0 saturated heterocycles.